The maximum Gasteiger partial charge on any atom is 0.266 e. The van der Waals surface area contributed by atoms with Crippen molar-refractivity contribution >= 4 is 23.4 Å². The first-order valence-electron chi connectivity index (χ1n) is 11.4. The first kappa shape index (κ1) is 22.5. The van der Waals surface area contributed by atoms with E-state index in [-0.39, 0.29) is 23.1 Å². The predicted molar refractivity (Wildman–Crippen MR) is 129 cm³/mol. The molecular formula is C27H24N2O6. The zero-order valence-corrected chi connectivity index (χ0v) is 19.4. The van der Waals surface area contributed by atoms with Gasteiger partial charge in [-0.05, 0) is 61.5 Å². The number of ether oxygens (including phenoxy) is 3. The summed E-state index contributed by atoms with van der Waals surface area (Å²) in [6.07, 6.45) is -0.327. The van der Waals surface area contributed by atoms with Crippen LogP contribution in [0.4, 0.5) is 5.69 Å². The number of anilines is 1. The van der Waals surface area contributed by atoms with Gasteiger partial charge in [-0.3, -0.25) is 14.4 Å². The predicted octanol–water partition coefficient (Wildman–Crippen LogP) is 3.80. The topological polar surface area (TPSA) is 85.4 Å². The minimum absolute atomic E-state index is 0.203. The van der Waals surface area contributed by atoms with E-state index >= 15 is 0 Å². The smallest absolute Gasteiger partial charge is 0.266 e. The molecule has 2 aliphatic heterocycles. The normalized spacial score (nSPS) is 16.2. The average Bonchev–Trinajstić information content (AvgIpc) is 3.13. The highest BCUT2D eigenvalue weighted by atomic mass is 16.6. The fourth-order valence-corrected chi connectivity index (χ4v) is 4.23. The molecule has 178 valence electrons. The molecule has 0 N–H and O–H groups in total. The van der Waals surface area contributed by atoms with E-state index in [9.17, 15) is 14.4 Å². The number of rotatable bonds is 6. The number of amides is 3. The van der Waals surface area contributed by atoms with Gasteiger partial charge in [-0.1, -0.05) is 12.1 Å². The van der Waals surface area contributed by atoms with E-state index in [1.165, 1.54) is 17.0 Å². The van der Waals surface area contributed by atoms with Gasteiger partial charge in [-0.25, -0.2) is 4.90 Å². The number of nitrogens with zero attached hydrogens (tertiary/aromatic N) is 2. The van der Waals surface area contributed by atoms with Crippen LogP contribution in [0.2, 0.25) is 0 Å². The van der Waals surface area contributed by atoms with Crippen LogP contribution in [-0.2, 0) is 0 Å². The minimum atomic E-state index is -0.466. The molecule has 0 fully saturated rings. The largest absolute Gasteiger partial charge is 0.494 e. The molecule has 0 aromatic heterocycles. The van der Waals surface area contributed by atoms with E-state index in [2.05, 4.69) is 0 Å². The molecule has 0 bridgehead atoms. The Morgan fingerprint density at radius 1 is 1.00 bits per heavy atom. The second-order valence-electron chi connectivity index (χ2n) is 8.32. The van der Waals surface area contributed by atoms with E-state index < -0.39 is 11.8 Å². The van der Waals surface area contributed by atoms with Gasteiger partial charge in [-0.2, -0.15) is 0 Å². The molecule has 0 saturated heterocycles. The second-order valence-corrected chi connectivity index (χ2v) is 8.32. The summed E-state index contributed by atoms with van der Waals surface area (Å²) in [5, 5.41) is 0. The first-order valence-corrected chi connectivity index (χ1v) is 11.4. The van der Waals surface area contributed by atoms with E-state index in [1.54, 1.807) is 37.4 Å². The highest BCUT2D eigenvalue weighted by Crippen LogP contribution is 2.32. The molecule has 2 heterocycles. The van der Waals surface area contributed by atoms with E-state index in [0.717, 1.165) is 4.90 Å². The number of imide groups is 1. The van der Waals surface area contributed by atoms with Crippen LogP contribution in [0.3, 0.4) is 0 Å². The fraction of sp³-hybridized carbons (Fsp3) is 0.222. The zero-order valence-electron chi connectivity index (χ0n) is 19.4. The lowest BCUT2D eigenvalue weighted by Crippen LogP contribution is -2.41. The van der Waals surface area contributed by atoms with Crippen LogP contribution in [0.5, 0.6) is 17.2 Å². The summed E-state index contributed by atoms with van der Waals surface area (Å²) >= 11 is 0. The number of hydrogen-bond acceptors (Lipinski definition) is 6. The molecule has 8 heteroatoms. The minimum Gasteiger partial charge on any atom is -0.494 e. The van der Waals surface area contributed by atoms with Crippen molar-refractivity contribution in [3.8, 4) is 17.2 Å². The standard InChI is InChI=1S/C27H24N2O6/c1-3-33-19-11-9-18(10-12-19)29-26(31)21-13-8-17(14-22(21)27(29)32)25(30)28(2)15-20-16-34-23-6-4-5-7-24(23)35-20/h4-14,20H,3,15-16H2,1-2H3. The molecule has 8 nitrogen and oxygen atoms in total. The van der Waals surface area contributed by atoms with Crippen molar-refractivity contribution in [2.45, 2.75) is 13.0 Å². The monoisotopic (exact) mass is 472 g/mol. The van der Waals surface area contributed by atoms with Crippen molar-refractivity contribution in [1.82, 2.24) is 4.90 Å². The average molecular weight is 472 g/mol. The molecule has 3 aromatic rings. The highest BCUT2D eigenvalue weighted by Gasteiger charge is 2.37. The molecule has 1 unspecified atom stereocenters. The van der Waals surface area contributed by atoms with Gasteiger partial charge in [0.2, 0.25) is 0 Å². The van der Waals surface area contributed by atoms with Gasteiger partial charge in [0.15, 0.2) is 17.6 Å². The first-order chi connectivity index (χ1) is 17.0. The van der Waals surface area contributed by atoms with Crippen molar-refractivity contribution in [1.29, 1.82) is 0 Å². The second kappa shape index (κ2) is 9.13. The van der Waals surface area contributed by atoms with E-state index in [1.807, 2.05) is 31.2 Å². The Morgan fingerprint density at radius 2 is 1.71 bits per heavy atom. The van der Waals surface area contributed by atoms with Crippen molar-refractivity contribution in [2.24, 2.45) is 0 Å². The van der Waals surface area contributed by atoms with Gasteiger partial charge in [0.1, 0.15) is 12.4 Å². The molecule has 0 saturated carbocycles. The van der Waals surface area contributed by atoms with E-state index in [4.69, 9.17) is 14.2 Å². The Hall–Kier alpha value is -4.33. The summed E-state index contributed by atoms with van der Waals surface area (Å²) in [7, 11) is 1.67. The fourth-order valence-electron chi connectivity index (χ4n) is 4.23. The number of para-hydroxylation sites is 2. The number of carbonyl (C=O) groups is 3. The zero-order chi connectivity index (χ0) is 24.5. The maximum atomic E-state index is 13.1. The van der Waals surface area contributed by atoms with Gasteiger partial charge < -0.3 is 19.1 Å². The SMILES string of the molecule is CCOc1ccc(N2C(=O)c3ccc(C(=O)N(C)CC4COc5ccccc5O4)cc3C2=O)cc1. The summed E-state index contributed by atoms with van der Waals surface area (Å²) in [6, 6.07) is 18.7. The summed E-state index contributed by atoms with van der Waals surface area (Å²) in [4.78, 5) is 41.8. The Kier molecular flexibility index (Phi) is 5.86. The van der Waals surface area contributed by atoms with Crippen molar-refractivity contribution in [2.75, 3.05) is 31.7 Å². The van der Waals surface area contributed by atoms with Crippen LogP contribution in [0.25, 0.3) is 0 Å². The van der Waals surface area contributed by atoms with E-state index in [0.29, 0.717) is 48.3 Å². The third kappa shape index (κ3) is 4.19. The molecule has 3 amide bonds. The quantitative estimate of drug-likeness (QED) is 0.508. The summed E-state index contributed by atoms with van der Waals surface area (Å²) in [6.45, 7) is 3.02. The third-order valence-corrected chi connectivity index (χ3v) is 5.93. The summed E-state index contributed by atoms with van der Waals surface area (Å²) in [5.41, 5.74) is 1.23. The Labute approximate surface area is 202 Å². The Morgan fingerprint density at radius 3 is 2.46 bits per heavy atom. The van der Waals surface area contributed by atoms with Gasteiger partial charge in [-0.15, -0.1) is 0 Å². The number of hydrogen-bond donors (Lipinski definition) is 0. The van der Waals surface area contributed by atoms with Crippen molar-refractivity contribution in [3.63, 3.8) is 0 Å². The van der Waals surface area contributed by atoms with Gasteiger partial charge in [0.25, 0.3) is 17.7 Å². The van der Waals surface area contributed by atoms with Gasteiger partial charge in [0, 0.05) is 12.6 Å². The number of likely N-dealkylation sites (N-methyl/N-ethyl adjacent to an activating group) is 1. The molecule has 35 heavy (non-hydrogen) atoms. The number of fused-ring (bicyclic) bond motifs is 2. The maximum absolute atomic E-state index is 13.1. The summed E-state index contributed by atoms with van der Waals surface area (Å²) < 4.78 is 17.1. The molecule has 0 radical (unpaired) electrons. The molecular weight excluding hydrogens is 448 g/mol. The molecule has 1 atom stereocenters. The van der Waals surface area contributed by atoms with Crippen LogP contribution in [0.15, 0.2) is 66.7 Å². The van der Waals surface area contributed by atoms with Gasteiger partial charge >= 0.3 is 0 Å². The Balaban J connectivity index is 1.31. The van der Waals surface area contributed by atoms with Crippen LogP contribution >= 0.6 is 0 Å². The van der Waals surface area contributed by atoms with Crippen molar-refractivity contribution < 1.29 is 28.6 Å². The molecule has 5 rings (SSSR count). The van der Waals surface area contributed by atoms with Gasteiger partial charge in [0.05, 0.1) is 30.0 Å². The van der Waals surface area contributed by atoms with Crippen molar-refractivity contribution in [3.05, 3.63) is 83.4 Å². The van der Waals surface area contributed by atoms with Crippen LogP contribution in [0.1, 0.15) is 38.0 Å². The van der Waals surface area contributed by atoms with Crippen LogP contribution in [0, 0.1) is 0 Å². The molecule has 0 aliphatic carbocycles. The van der Waals surface area contributed by atoms with Crippen LogP contribution in [-0.4, -0.2) is 55.5 Å². The molecule has 3 aromatic carbocycles. The molecule has 0 spiro atoms. The highest BCUT2D eigenvalue weighted by molar-refractivity contribution is 6.34. The number of benzene rings is 3. The van der Waals surface area contributed by atoms with Crippen LogP contribution < -0.4 is 19.1 Å². The third-order valence-electron chi connectivity index (χ3n) is 5.93. The lowest BCUT2D eigenvalue weighted by molar-refractivity contribution is 0.0521. The Bertz CT molecular complexity index is 1300. The summed E-state index contributed by atoms with van der Waals surface area (Å²) in [5.74, 6) is 0.798. The molecule has 2 aliphatic rings. The lowest BCUT2D eigenvalue weighted by atomic mass is 10.0. The number of carbonyl (C=O) groups excluding carboxylic acids is 3. The lowest BCUT2D eigenvalue weighted by Gasteiger charge is -2.29.